The van der Waals surface area contributed by atoms with Gasteiger partial charge in [0, 0.05) is 12.9 Å². The fourth-order valence-corrected chi connectivity index (χ4v) is 1.92. The van der Waals surface area contributed by atoms with Crippen LogP contribution in [0.4, 0.5) is 0 Å². The summed E-state index contributed by atoms with van der Waals surface area (Å²) < 4.78 is 26.2. The van der Waals surface area contributed by atoms with Gasteiger partial charge in [-0.05, 0) is 6.26 Å². The molecule has 0 aromatic carbocycles. The first-order chi connectivity index (χ1) is 7.12. The van der Waals surface area contributed by atoms with E-state index < -0.39 is 7.37 Å². The lowest BCUT2D eigenvalue weighted by Gasteiger charge is -2.12. The molecule has 0 fully saturated rings. The third kappa shape index (κ3) is 10.7. The number of methoxy groups -OCH3 is 1. The largest absolute Gasteiger partial charge is 0.382 e. The highest BCUT2D eigenvalue weighted by molar-refractivity contribution is 7.98. The average molecular weight is 258 g/mol. The lowest BCUT2D eigenvalue weighted by atomic mass is 10.8. The molecule has 0 aromatic heterocycles. The number of rotatable bonds is 10. The molecule has 15 heavy (non-hydrogen) atoms. The van der Waals surface area contributed by atoms with E-state index in [-0.39, 0.29) is 12.7 Å². The van der Waals surface area contributed by atoms with Crippen molar-refractivity contribution in [2.45, 2.75) is 0 Å². The fourth-order valence-electron chi connectivity index (χ4n) is 0.736. The minimum absolute atomic E-state index is 0.138. The van der Waals surface area contributed by atoms with Crippen LogP contribution in [0.5, 0.6) is 0 Å². The van der Waals surface area contributed by atoms with Gasteiger partial charge >= 0.3 is 0 Å². The van der Waals surface area contributed by atoms with Crippen molar-refractivity contribution in [1.29, 1.82) is 0 Å². The Bertz CT molecular complexity index is 174. The second-order valence-electron chi connectivity index (χ2n) is 2.91. The summed E-state index contributed by atoms with van der Waals surface area (Å²) in [6.07, 6.45) is 1.64. The van der Waals surface area contributed by atoms with E-state index in [1.807, 2.05) is 6.26 Å². The molecule has 1 unspecified atom stereocenters. The molecular formula is C8H19O5PS. The zero-order valence-corrected chi connectivity index (χ0v) is 10.9. The molecule has 0 radical (unpaired) electrons. The monoisotopic (exact) mass is 258 g/mol. The number of ether oxygens (including phenoxy) is 3. The molecule has 0 heterocycles. The van der Waals surface area contributed by atoms with Gasteiger partial charge in [-0.3, -0.25) is 4.57 Å². The Morgan fingerprint density at radius 1 is 1.20 bits per heavy atom. The summed E-state index contributed by atoms with van der Waals surface area (Å²) in [5.41, 5.74) is 0. The first-order valence-electron chi connectivity index (χ1n) is 4.56. The average Bonchev–Trinajstić information content (AvgIpc) is 2.20. The molecular weight excluding hydrogens is 239 g/mol. The Hall–Kier alpha value is 0.420. The quantitative estimate of drug-likeness (QED) is 0.469. The van der Waals surface area contributed by atoms with Crippen LogP contribution in [-0.2, 0) is 18.8 Å². The summed E-state index contributed by atoms with van der Waals surface area (Å²) in [6, 6.07) is 0. The van der Waals surface area contributed by atoms with Crippen LogP contribution < -0.4 is 0 Å². The standard InChI is InChI=1S/C8H19O5PS/c1-11-3-4-12-7-14(9,10)8-13-5-6-15-2/h3-8H2,1-2H3,(H,9,10). The predicted octanol–water partition coefficient (Wildman–Crippen LogP) is 1.21. The highest BCUT2D eigenvalue weighted by Gasteiger charge is 2.18. The lowest BCUT2D eigenvalue weighted by Crippen LogP contribution is -2.07. The summed E-state index contributed by atoms with van der Waals surface area (Å²) in [4.78, 5) is 9.37. The molecule has 0 saturated carbocycles. The van der Waals surface area contributed by atoms with Crippen LogP contribution in [-0.4, -0.2) is 56.5 Å². The van der Waals surface area contributed by atoms with Gasteiger partial charge < -0.3 is 19.1 Å². The Kier molecular flexibility index (Phi) is 9.90. The molecule has 7 heteroatoms. The minimum atomic E-state index is -3.28. The summed E-state index contributed by atoms with van der Waals surface area (Å²) in [5.74, 6) is 0.824. The van der Waals surface area contributed by atoms with E-state index in [4.69, 9.17) is 14.2 Å². The molecule has 0 rings (SSSR count). The predicted molar refractivity (Wildman–Crippen MR) is 61.7 cm³/mol. The van der Waals surface area contributed by atoms with Crippen molar-refractivity contribution < 1.29 is 23.7 Å². The van der Waals surface area contributed by atoms with E-state index in [1.54, 1.807) is 18.9 Å². The van der Waals surface area contributed by atoms with E-state index >= 15 is 0 Å². The van der Waals surface area contributed by atoms with Crippen LogP contribution in [0.1, 0.15) is 0 Å². The van der Waals surface area contributed by atoms with Crippen molar-refractivity contribution in [3.63, 3.8) is 0 Å². The van der Waals surface area contributed by atoms with Gasteiger partial charge in [-0.2, -0.15) is 11.8 Å². The molecule has 1 N–H and O–H groups in total. The highest BCUT2D eigenvalue weighted by Crippen LogP contribution is 2.39. The summed E-state index contributed by atoms with van der Waals surface area (Å²) in [7, 11) is -1.73. The number of thioether (sulfide) groups is 1. The second kappa shape index (κ2) is 9.63. The highest BCUT2D eigenvalue weighted by atomic mass is 32.2. The Morgan fingerprint density at radius 3 is 2.33 bits per heavy atom. The van der Waals surface area contributed by atoms with Crippen LogP contribution in [0.3, 0.4) is 0 Å². The van der Waals surface area contributed by atoms with E-state index in [2.05, 4.69) is 0 Å². The molecule has 92 valence electrons. The van der Waals surface area contributed by atoms with Crippen molar-refractivity contribution >= 4 is 19.1 Å². The van der Waals surface area contributed by atoms with E-state index in [0.29, 0.717) is 19.8 Å². The summed E-state index contributed by atoms with van der Waals surface area (Å²) in [5, 5.41) is 0. The molecule has 0 amide bonds. The molecule has 0 aliphatic carbocycles. The summed E-state index contributed by atoms with van der Waals surface area (Å²) in [6.45, 7) is 1.24. The Labute approximate surface area is 94.9 Å². The molecule has 5 nitrogen and oxygen atoms in total. The molecule has 1 atom stereocenters. The van der Waals surface area contributed by atoms with Crippen LogP contribution in [0, 0.1) is 0 Å². The van der Waals surface area contributed by atoms with Crippen molar-refractivity contribution in [3.8, 4) is 0 Å². The minimum Gasteiger partial charge on any atom is -0.382 e. The Balaban J connectivity index is 3.45. The lowest BCUT2D eigenvalue weighted by molar-refractivity contribution is 0.0867. The molecule has 0 aromatic rings. The van der Waals surface area contributed by atoms with Crippen molar-refractivity contribution in [3.05, 3.63) is 0 Å². The van der Waals surface area contributed by atoms with Gasteiger partial charge in [-0.25, -0.2) is 0 Å². The van der Waals surface area contributed by atoms with Gasteiger partial charge in [0.15, 0.2) is 0 Å². The van der Waals surface area contributed by atoms with Gasteiger partial charge in [-0.15, -0.1) is 0 Å². The molecule has 0 spiro atoms. The number of hydrogen-bond acceptors (Lipinski definition) is 5. The second-order valence-corrected chi connectivity index (χ2v) is 6.10. The van der Waals surface area contributed by atoms with Crippen LogP contribution >= 0.6 is 19.1 Å². The van der Waals surface area contributed by atoms with Crippen molar-refractivity contribution in [2.75, 3.05) is 51.6 Å². The van der Waals surface area contributed by atoms with E-state index in [9.17, 15) is 9.46 Å². The first kappa shape index (κ1) is 15.4. The Morgan fingerprint density at radius 2 is 1.80 bits per heavy atom. The molecule has 0 aliphatic rings. The zero-order chi connectivity index (χ0) is 11.6. The normalized spacial score (nSPS) is 15.1. The maximum absolute atomic E-state index is 11.4. The third-order valence-electron chi connectivity index (χ3n) is 1.45. The van der Waals surface area contributed by atoms with Gasteiger partial charge in [0.05, 0.1) is 19.8 Å². The third-order valence-corrected chi connectivity index (χ3v) is 3.20. The van der Waals surface area contributed by atoms with Crippen LogP contribution in [0.2, 0.25) is 0 Å². The maximum atomic E-state index is 11.4. The van der Waals surface area contributed by atoms with Crippen LogP contribution in [0.15, 0.2) is 0 Å². The molecule has 0 bridgehead atoms. The van der Waals surface area contributed by atoms with Gasteiger partial charge in [0.25, 0.3) is 0 Å². The summed E-state index contributed by atoms with van der Waals surface area (Å²) >= 11 is 1.63. The topological polar surface area (TPSA) is 65.0 Å². The SMILES string of the molecule is COCCOCP(=O)(O)COCCSC. The smallest absolute Gasteiger partial charge is 0.250 e. The first-order valence-corrected chi connectivity index (χ1v) is 7.99. The van der Waals surface area contributed by atoms with Gasteiger partial charge in [-0.1, -0.05) is 0 Å². The van der Waals surface area contributed by atoms with E-state index in [1.165, 1.54) is 0 Å². The van der Waals surface area contributed by atoms with Gasteiger partial charge in [0.1, 0.15) is 12.7 Å². The van der Waals surface area contributed by atoms with Crippen molar-refractivity contribution in [2.24, 2.45) is 0 Å². The van der Waals surface area contributed by atoms with Gasteiger partial charge in [0.2, 0.25) is 7.37 Å². The van der Waals surface area contributed by atoms with Crippen LogP contribution in [0.25, 0.3) is 0 Å². The fraction of sp³-hybridized carbons (Fsp3) is 1.00. The molecule has 0 saturated heterocycles. The molecule has 0 aliphatic heterocycles. The van der Waals surface area contributed by atoms with Crippen molar-refractivity contribution in [1.82, 2.24) is 0 Å². The van der Waals surface area contributed by atoms with E-state index in [0.717, 1.165) is 5.75 Å². The number of hydrogen-bond donors (Lipinski definition) is 1. The zero-order valence-electron chi connectivity index (χ0n) is 9.18. The maximum Gasteiger partial charge on any atom is 0.250 e.